The maximum absolute atomic E-state index is 12.2. The average molecular weight is 297 g/mol. The maximum Gasteiger partial charge on any atom is 0.257 e. The van der Waals surface area contributed by atoms with Crippen LogP contribution in [0.3, 0.4) is 0 Å². The third-order valence-corrected chi connectivity index (χ3v) is 4.45. The van der Waals surface area contributed by atoms with E-state index in [4.69, 9.17) is 0 Å². The van der Waals surface area contributed by atoms with E-state index in [0.29, 0.717) is 6.54 Å². The lowest BCUT2D eigenvalue weighted by Crippen LogP contribution is -2.31. The number of rotatable bonds is 6. The quantitative estimate of drug-likeness (QED) is 0.860. The summed E-state index contributed by atoms with van der Waals surface area (Å²) in [6.45, 7) is 6.49. The molecule has 2 aromatic rings. The Labute approximate surface area is 118 Å². The molecule has 0 aliphatic rings. The first kappa shape index (κ1) is 14.7. The lowest BCUT2D eigenvalue weighted by atomic mass is 10.3. The fourth-order valence-electron chi connectivity index (χ4n) is 1.86. The highest BCUT2D eigenvalue weighted by molar-refractivity contribution is 7.89. The summed E-state index contributed by atoms with van der Waals surface area (Å²) < 4.78 is 30.2. The summed E-state index contributed by atoms with van der Waals surface area (Å²) in [7, 11) is -3.55. The van der Waals surface area contributed by atoms with Crippen molar-refractivity contribution in [3.63, 3.8) is 0 Å². The molecule has 1 N–H and O–H groups in total. The number of hydrogen-bond donors (Lipinski definition) is 1. The minimum absolute atomic E-state index is 0.0588. The summed E-state index contributed by atoms with van der Waals surface area (Å²) >= 11 is 0. The van der Waals surface area contributed by atoms with Gasteiger partial charge in [0, 0.05) is 19.3 Å². The fraction of sp³-hybridized carbons (Fsp3) is 0.500. The molecule has 8 heteroatoms. The summed E-state index contributed by atoms with van der Waals surface area (Å²) in [5.74, 6) is 0. The van der Waals surface area contributed by atoms with Gasteiger partial charge in [0.2, 0.25) is 0 Å². The minimum atomic E-state index is -3.55. The SMILES string of the molecule is CCn1nccc1S(=O)(=O)NCC(C)n1cc(C)cn1. The molecule has 0 aliphatic heterocycles. The van der Waals surface area contributed by atoms with Crippen molar-refractivity contribution in [2.75, 3.05) is 6.54 Å². The van der Waals surface area contributed by atoms with Gasteiger partial charge in [0.05, 0.1) is 18.4 Å². The highest BCUT2D eigenvalue weighted by atomic mass is 32.2. The predicted molar refractivity (Wildman–Crippen MR) is 74.8 cm³/mol. The van der Waals surface area contributed by atoms with Crippen molar-refractivity contribution in [2.45, 2.75) is 38.4 Å². The molecule has 0 aromatic carbocycles. The van der Waals surface area contributed by atoms with Crippen LogP contribution in [0, 0.1) is 6.92 Å². The van der Waals surface area contributed by atoms with Gasteiger partial charge in [-0.1, -0.05) is 0 Å². The number of aryl methyl sites for hydroxylation is 2. The zero-order chi connectivity index (χ0) is 14.8. The molecule has 0 saturated carbocycles. The van der Waals surface area contributed by atoms with Crippen LogP contribution in [0.5, 0.6) is 0 Å². The van der Waals surface area contributed by atoms with Crippen LogP contribution in [-0.4, -0.2) is 34.5 Å². The van der Waals surface area contributed by atoms with E-state index in [2.05, 4.69) is 14.9 Å². The van der Waals surface area contributed by atoms with Gasteiger partial charge in [-0.05, 0) is 32.4 Å². The first-order valence-electron chi connectivity index (χ1n) is 6.46. The van der Waals surface area contributed by atoms with Crippen LogP contribution in [-0.2, 0) is 16.6 Å². The Balaban J connectivity index is 2.06. The molecule has 0 fully saturated rings. The van der Waals surface area contributed by atoms with Crippen LogP contribution in [0.2, 0.25) is 0 Å². The third kappa shape index (κ3) is 3.07. The van der Waals surface area contributed by atoms with Gasteiger partial charge >= 0.3 is 0 Å². The van der Waals surface area contributed by atoms with Gasteiger partial charge < -0.3 is 0 Å². The van der Waals surface area contributed by atoms with Gasteiger partial charge in [0.15, 0.2) is 5.03 Å². The average Bonchev–Trinajstić information content (AvgIpc) is 3.04. The summed E-state index contributed by atoms with van der Waals surface area (Å²) in [6, 6.07) is 1.44. The molecule has 0 radical (unpaired) electrons. The smallest absolute Gasteiger partial charge is 0.257 e. The lowest BCUT2D eigenvalue weighted by molar-refractivity contribution is 0.475. The van der Waals surface area contributed by atoms with Gasteiger partial charge in [-0.3, -0.25) is 9.36 Å². The molecule has 20 heavy (non-hydrogen) atoms. The molecular formula is C12H19N5O2S. The first-order valence-corrected chi connectivity index (χ1v) is 7.94. The second kappa shape index (κ2) is 5.76. The number of nitrogens with one attached hydrogen (secondary N) is 1. The molecule has 1 unspecified atom stereocenters. The molecule has 2 heterocycles. The predicted octanol–water partition coefficient (Wildman–Crippen LogP) is 0.947. The molecule has 0 spiro atoms. The Hall–Kier alpha value is -1.67. The Bertz CT molecular complexity index is 674. The number of nitrogens with zero attached hydrogens (tertiary/aromatic N) is 4. The van der Waals surface area contributed by atoms with Crippen LogP contribution in [0.1, 0.15) is 25.5 Å². The minimum Gasteiger partial charge on any atom is -0.268 e. The molecule has 110 valence electrons. The summed E-state index contributed by atoms with van der Waals surface area (Å²) in [5.41, 5.74) is 1.05. The van der Waals surface area contributed by atoms with Gasteiger partial charge in [0.25, 0.3) is 10.0 Å². The van der Waals surface area contributed by atoms with E-state index < -0.39 is 10.0 Å². The largest absolute Gasteiger partial charge is 0.268 e. The van der Waals surface area contributed by atoms with Gasteiger partial charge in [-0.2, -0.15) is 10.2 Å². The second-order valence-electron chi connectivity index (χ2n) is 4.68. The van der Waals surface area contributed by atoms with E-state index in [9.17, 15) is 8.42 Å². The molecular weight excluding hydrogens is 278 g/mol. The molecule has 0 amide bonds. The van der Waals surface area contributed by atoms with Crippen molar-refractivity contribution >= 4 is 10.0 Å². The van der Waals surface area contributed by atoms with Crippen molar-refractivity contribution in [3.8, 4) is 0 Å². The molecule has 7 nitrogen and oxygen atoms in total. The normalized spacial score (nSPS) is 13.6. The highest BCUT2D eigenvalue weighted by Crippen LogP contribution is 2.10. The molecule has 0 bridgehead atoms. The Morgan fingerprint density at radius 1 is 1.40 bits per heavy atom. The van der Waals surface area contributed by atoms with E-state index in [1.807, 2.05) is 27.0 Å². The Kier molecular flexibility index (Phi) is 4.24. The van der Waals surface area contributed by atoms with Crippen LogP contribution >= 0.6 is 0 Å². The van der Waals surface area contributed by atoms with Crippen LogP contribution in [0.15, 0.2) is 29.7 Å². The molecule has 1 atom stereocenters. The molecule has 2 rings (SSSR count). The summed E-state index contributed by atoms with van der Waals surface area (Å²) in [4.78, 5) is 0. The monoisotopic (exact) mass is 297 g/mol. The number of hydrogen-bond acceptors (Lipinski definition) is 4. The number of aromatic nitrogens is 4. The van der Waals surface area contributed by atoms with E-state index in [1.165, 1.54) is 16.9 Å². The number of sulfonamides is 1. The van der Waals surface area contributed by atoms with E-state index in [-0.39, 0.29) is 17.6 Å². The Morgan fingerprint density at radius 3 is 2.75 bits per heavy atom. The van der Waals surface area contributed by atoms with Gasteiger partial charge in [-0.15, -0.1) is 0 Å². The zero-order valence-corrected chi connectivity index (χ0v) is 12.6. The molecule has 2 aromatic heterocycles. The van der Waals surface area contributed by atoms with Crippen molar-refractivity contribution in [3.05, 3.63) is 30.2 Å². The van der Waals surface area contributed by atoms with Crippen LogP contribution in [0.4, 0.5) is 0 Å². The standard InChI is InChI=1S/C12H19N5O2S/c1-4-16-12(5-6-13-16)20(18,19)15-8-11(3)17-9-10(2)7-14-17/h5-7,9,11,15H,4,8H2,1-3H3. The Morgan fingerprint density at radius 2 is 2.15 bits per heavy atom. The van der Waals surface area contributed by atoms with Gasteiger partial charge in [0.1, 0.15) is 0 Å². The highest BCUT2D eigenvalue weighted by Gasteiger charge is 2.19. The zero-order valence-electron chi connectivity index (χ0n) is 11.8. The van der Waals surface area contributed by atoms with E-state index in [1.54, 1.807) is 10.9 Å². The maximum atomic E-state index is 12.2. The summed E-state index contributed by atoms with van der Waals surface area (Å²) in [5, 5.41) is 8.33. The van der Waals surface area contributed by atoms with Crippen LogP contribution < -0.4 is 4.72 Å². The molecule has 0 saturated heterocycles. The fourth-order valence-corrected chi connectivity index (χ4v) is 3.16. The first-order chi connectivity index (χ1) is 9.44. The second-order valence-corrected chi connectivity index (χ2v) is 6.40. The van der Waals surface area contributed by atoms with E-state index >= 15 is 0 Å². The van der Waals surface area contributed by atoms with Crippen molar-refractivity contribution in [1.82, 2.24) is 24.3 Å². The van der Waals surface area contributed by atoms with Crippen LogP contribution in [0.25, 0.3) is 0 Å². The molecule has 0 aliphatic carbocycles. The topological polar surface area (TPSA) is 81.8 Å². The lowest BCUT2D eigenvalue weighted by Gasteiger charge is -2.14. The van der Waals surface area contributed by atoms with E-state index in [0.717, 1.165) is 5.56 Å². The third-order valence-electron chi connectivity index (χ3n) is 3.00. The van der Waals surface area contributed by atoms with Crippen molar-refractivity contribution in [2.24, 2.45) is 0 Å². The van der Waals surface area contributed by atoms with Gasteiger partial charge in [-0.25, -0.2) is 13.1 Å². The van der Waals surface area contributed by atoms with Crippen molar-refractivity contribution < 1.29 is 8.42 Å². The summed E-state index contributed by atoms with van der Waals surface area (Å²) in [6.07, 6.45) is 5.12. The van der Waals surface area contributed by atoms with Crippen molar-refractivity contribution in [1.29, 1.82) is 0 Å².